The highest BCUT2D eigenvalue weighted by Gasteiger charge is 1.98. The fraction of sp³-hybridized carbons (Fsp3) is 0.154. The van der Waals surface area contributed by atoms with Crippen LogP contribution in [0.15, 0.2) is 58.6 Å². The number of nitrogens with two attached hydrogens (primary N) is 1. The molecule has 16 heavy (non-hydrogen) atoms. The highest BCUT2D eigenvalue weighted by atomic mass is 32.2. The van der Waals surface area contributed by atoms with E-state index in [0.717, 1.165) is 11.4 Å². The van der Waals surface area contributed by atoms with E-state index in [1.165, 1.54) is 10.5 Å². The van der Waals surface area contributed by atoms with Crippen molar-refractivity contribution >= 4 is 11.8 Å². The molecule has 3 heteroatoms. The number of benzene rings is 1. The van der Waals surface area contributed by atoms with Gasteiger partial charge in [0.1, 0.15) is 5.03 Å². The van der Waals surface area contributed by atoms with Crippen molar-refractivity contribution in [1.29, 1.82) is 0 Å². The number of pyridine rings is 1. The monoisotopic (exact) mass is 230 g/mol. The van der Waals surface area contributed by atoms with Crippen LogP contribution in [0.1, 0.15) is 5.56 Å². The predicted molar refractivity (Wildman–Crippen MR) is 67.6 cm³/mol. The van der Waals surface area contributed by atoms with Gasteiger partial charge in [0.2, 0.25) is 0 Å². The van der Waals surface area contributed by atoms with Gasteiger partial charge in [-0.05, 0) is 42.8 Å². The van der Waals surface area contributed by atoms with Crippen molar-refractivity contribution in [2.24, 2.45) is 5.73 Å². The zero-order valence-corrected chi connectivity index (χ0v) is 9.78. The first-order valence-corrected chi connectivity index (χ1v) is 6.08. The summed E-state index contributed by atoms with van der Waals surface area (Å²) in [4.78, 5) is 5.48. The third-order valence-corrected chi connectivity index (χ3v) is 3.18. The topological polar surface area (TPSA) is 38.9 Å². The lowest BCUT2D eigenvalue weighted by molar-refractivity contribution is 0.966. The van der Waals surface area contributed by atoms with Crippen LogP contribution in [0.3, 0.4) is 0 Å². The Balaban J connectivity index is 2.05. The molecule has 0 bridgehead atoms. The van der Waals surface area contributed by atoms with Gasteiger partial charge >= 0.3 is 0 Å². The summed E-state index contributed by atoms with van der Waals surface area (Å²) in [7, 11) is 0. The highest BCUT2D eigenvalue weighted by Crippen LogP contribution is 2.25. The second-order valence-corrected chi connectivity index (χ2v) is 4.55. The molecule has 2 aromatic rings. The molecule has 0 spiro atoms. The Hall–Kier alpha value is -1.32. The average Bonchev–Trinajstić information content (AvgIpc) is 2.33. The Bertz CT molecular complexity index is 425. The van der Waals surface area contributed by atoms with Crippen molar-refractivity contribution in [3.8, 4) is 0 Å². The molecular weight excluding hydrogens is 216 g/mol. The molecule has 0 aliphatic heterocycles. The van der Waals surface area contributed by atoms with Crippen LogP contribution in [0, 0.1) is 0 Å². The molecule has 0 atom stereocenters. The zero-order valence-electron chi connectivity index (χ0n) is 8.97. The quantitative estimate of drug-likeness (QED) is 0.877. The van der Waals surface area contributed by atoms with Gasteiger partial charge in [0, 0.05) is 11.1 Å². The van der Waals surface area contributed by atoms with Crippen LogP contribution in [0.2, 0.25) is 0 Å². The Morgan fingerprint density at radius 1 is 1.06 bits per heavy atom. The van der Waals surface area contributed by atoms with Crippen molar-refractivity contribution < 1.29 is 0 Å². The Morgan fingerprint density at radius 2 is 1.88 bits per heavy atom. The molecule has 2 nitrogen and oxygen atoms in total. The van der Waals surface area contributed by atoms with E-state index in [1.54, 1.807) is 11.8 Å². The summed E-state index contributed by atoms with van der Waals surface area (Å²) in [6, 6.07) is 14.4. The summed E-state index contributed by atoms with van der Waals surface area (Å²) in [5.74, 6) is 0. The lowest BCUT2D eigenvalue weighted by atomic mass is 10.2. The predicted octanol–water partition coefficient (Wildman–Crippen LogP) is 2.73. The van der Waals surface area contributed by atoms with Crippen molar-refractivity contribution in [3.63, 3.8) is 0 Å². The summed E-state index contributed by atoms with van der Waals surface area (Å²) < 4.78 is 0. The Morgan fingerprint density at radius 3 is 2.50 bits per heavy atom. The van der Waals surface area contributed by atoms with Gasteiger partial charge in [-0.15, -0.1) is 0 Å². The molecule has 1 aromatic carbocycles. The number of hydrogen-bond acceptors (Lipinski definition) is 3. The molecular formula is C13H14N2S. The second-order valence-electron chi connectivity index (χ2n) is 3.45. The molecule has 1 aromatic heterocycles. The van der Waals surface area contributed by atoms with Crippen molar-refractivity contribution in [2.75, 3.05) is 6.54 Å². The van der Waals surface area contributed by atoms with E-state index in [2.05, 4.69) is 29.2 Å². The number of rotatable bonds is 4. The fourth-order valence-corrected chi connectivity index (χ4v) is 2.19. The van der Waals surface area contributed by atoms with Crippen LogP contribution < -0.4 is 5.73 Å². The molecule has 1 heterocycles. The number of nitrogens with zero attached hydrogens (tertiary/aromatic N) is 1. The molecule has 0 unspecified atom stereocenters. The van der Waals surface area contributed by atoms with Gasteiger partial charge < -0.3 is 5.73 Å². The van der Waals surface area contributed by atoms with Crippen LogP contribution >= 0.6 is 11.8 Å². The molecule has 0 amide bonds. The third kappa shape index (κ3) is 3.08. The molecule has 82 valence electrons. The van der Waals surface area contributed by atoms with E-state index in [0.29, 0.717) is 6.54 Å². The minimum Gasteiger partial charge on any atom is -0.330 e. The molecule has 0 saturated carbocycles. The summed E-state index contributed by atoms with van der Waals surface area (Å²) in [6.07, 6.45) is 2.75. The lowest BCUT2D eigenvalue weighted by Gasteiger charge is -2.02. The molecule has 0 radical (unpaired) electrons. The number of hydrogen-bond donors (Lipinski definition) is 1. The van der Waals surface area contributed by atoms with Crippen LogP contribution in [0.25, 0.3) is 0 Å². The van der Waals surface area contributed by atoms with Crippen LogP contribution in [-0.4, -0.2) is 11.5 Å². The number of aromatic nitrogens is 1. The Kier molecular flexibility index (Phi) is 3.97. The van der Waals surface area contributed by atoms with Crippen molar-refractivity contribution in [3.05, 3.63) is 54.2 Å². The van der Waals surface area contributed by atoms with Crippen LogP contribution in [0.5, 0.6) is 0 Å². The largest absolute Gasteiger partial charge is 0.330 e. The van der Waals surface area contributed by atoms with Crippen LogP contribution in [-0.2, 0) is 6.42 Å². The van der Waals surface area contributed by atoms with Crippen molar-refractivity contribution in [2.45, 2.75) is 16.3 Å². The lowest BCUT2D eigenvalue weighted by Crippen LogP contribution is -2.02. The van der Waals surface area contributed by atoms with Gasteiger partial charge in [-0.3, -0.25) is 0 Å². The van der Waals surface area contributed by atoms with E-state index in [1.807, 2.05) is 24.4 Å². The molecule has 0 aliphatic carbocycles. The van der Waals surface area contributed by atoms with Crippen LogP contribution in [0.4, 0.5) is 0 Å². The average molecular weight is 230 g/mol. The van der Waals surface area contributed by atoms with Crippen molar-refractivity contribution in [1.82, 2.24) is 4.98 Å². The van der Waals surface area contributed by atoms with E-state index >= 15 is 0 Å². The zero-order chi connectivity index (χ0) is 11.2. The Labute approximate surface area is 99.9 Å². The van der Waals surface area contributed by atoms with E-state index in [-0.39, 0.29) is 0 Å². The third-order valence-electron chi connectivity index (χ3n) is 2.22. The molecule has 0 saturated heterocycles. The SMILES string of the molecule is NCCc1ccc(Sc2ccccn2)cc1. The van der Waals surface area contributed by atoms with E-state index in [9.17, 15) is 0 Å². The standard InChI is InChI=1S/C13H14N2S/c14-9-8-11-4-6-12(7-5-11)16-13-3-1-2-10-15-13/h1-7,10H,8-9,14H2. The van der Waals surface area contributed by atoms with Gasteiger partial charge in [-0.1, -0.05) is 30.0 Å². The minimum atomic E-state index is 0.701. The molecule has 0 aliphatic rings. The van der Waals surface area contributed by atoms with Gasteiger partial charge in [-0.2, -0.15) is 0 Å². The second kappa shape index (κ2) is 5.68. The highest BCUT2D eigenvalue weighted by molar-refractivity contribution is 7.99. The normalized spacial score (nSPS) is 10.3. The first-order chi connectivity index (χ1) is 7.88. The molecule has 2 N–H and O–H groups in total. The van der Waals surface area contributed by atoms with Gasteiger partial charge in [0.05, 0.1) is 0 Å². The maximum absolute atomic E-state index is 5.51. The van der Waals surface area contributed by atoms with Gasteiger partial charge in [-0.25, -0.2) is 4.98 Å². The fourth-order valence-electron chi connectivity index (χ4n) is 1.42. The first-order valence-electron chi connectivity index (χ1n) is 5.26. The summed E-state index contributed by atoms with van der Waals surface area (Å²) >= 11 is 1.67. The molecule has 0 fully saturated rings. The smallest absolute Gasteiger partial charge is 0.101 e. The minimum absolute atomic E-state index is 0.701. The van der Waals surface area contributed by atoms with Gasteiger partial charge in [0.15, 0.2) is 0 Å². The summed E-state index contributed by atoms with van der Waals surface area (Å²) in [5.41, 5.74) is 6.79. The first kappa shape index (κ1) is 11.2. The maximum Gasteiger partial charge on any atom is 0.101 e. The van der Waals surface area contributed by atoms with E-state index < -0.39 is 0 Å². The molecule has 2 rings (SSSR count). The van der Waals surface area contributed by atoms with Gasteiger partial charge in [0.25, 0.3) is 0 Å². The summed E-state index contributed by atoms with van der Waals surface area (Å²) in [6.45, 7) is 0.701. The summed E-state index contributed by atoms with van der Waals surface area (Å²) in [5, 5.41) is 1.02. The van der Waals surface area contributed by atoms with E-state index in [4.69, 9.17) is 5.73 Å². The maximum atomic E-state index is 5.51.